The van der Waals surface area contributed by atoms with Crippen molar-refractivity contribution in [1.82, 2.24) is 0 Å². The van der Waals surface area contributed by atoms with E-state index in [0.717, 1.165) is 18.9 Å². The summed E-state index contributed by atoms with van der Waals surface area (Å²) in [6.45, 7) is 3.63. The average molecular weight is 282 g/mol. The van der Waals surface area contributed by atoms with E-state index in [1.807, 2.05) is 6.92 Å². The standard InChI is InChI=1S/C15H22O5/c1-14-5-4-6-15(2,19)13(14)12(18)9(10(16)8-14)7-11(17)20-3/h7,12-13,18-19H,4-6,8H2,1-3H3/b9-7+/t12-,13+,14+,15-/m0/s1. The normalized spacial score (nSPS) is 43.2. The number of esters is 1. The third-order valence-electron chi connectivity index (χ3n) is 4.85. The third-order valence-corrected chi connectivity index (χ3v) is 4.85. The minimum atomic E-state index is -1.13. The van der Waals surface area contributed by atoms with E-state index >= 15 is 0 Å². The molecule has 0 amide bonds. The lowest BCUT2D eigenvalue weighted by Crippen LogP contribution is -2.58. The van der Waals surface area contributed by atoms with Crippen LogP contribution in [0.4, 0.5) is 0 Å². The molecule has 2 aliphatic rings. The first-order valence-electron chi connectivity index (χ1n) is 6.94. The van der Waals surface area contributed by atoms with Crippen LogP contribution in [-0.2, 0) is 14.3 Å². The summed E-state index contributed by atoms with van der Waals surface area (Å²) in [6.07, 6.45) is 2.38. The van der Waals surface area contributed by atoms with Crippen LogP contribution in [0.2, 0.25) is 0 Å². The molecule has 2 rings (SSSR count). The molecule has 0 aromatic carbocycles. The van der Waals surface area contributed by atoms with Gasteiger partial charge in [0.15, 0.2) is 5.78 Å². The van der Waals surface area contributed by atoms with Crippen molar-refractivity contribution in [1.29, 1.82) is 0 Å². The predicted molar refractivity (Wildman–Crippen MR) is 71.8 cm³/mol. The van der Waals surface area contributed by atoms with E-state index in [1.54, 1.807) is 6.92 Å². The van der Waals surface area contributed by atoms with E-state index in [9.17, 15) is 19.8 Å². The number of methoxy groups -OCH3 is 1. The SMILES string of the molecule is COC(=O)/C=C1\C(=O)C[C@@]2(C)CCC[C@](C)(O)[C@@H]2[C@H]1O. The number of aliphatic hydroxyl groups excluding tert-OH is 1. The number of hydrogen-bond donors (Lipinski definition) is 2. The van der Waals surface area contributed by atoms with E-state index in [4.69, 9.17) is 0 Å². The number of carbonyl (C=O) groups is 2. The van der Waals surface area contributed by atoms with Gasteiger partial charge in [-0.05, 0) is 25.2 Å². The van der Waals surface area contributed by atoms with Gasteiger partial charge in [0.2, 0.25) is 0 Å². The molecule has 0 aromatic heterocycles. The Bertz CT molecular complexity index is 465. The van der Waals surface area contributed by atoms with Crippen molar-refractivity contribution in [2.75, 3.05) is 7.11 Å². The van der Waals surface area contributed by atoms with Gasteiger partial charge in [0.05, 0.1) is 18.8 Å². The molecule has 0 heterocycles. The molecular formula is C15H22O5. The molecule has 0 saturated heterocycles. The van der Waals surface area contributed by atoms with Gasteiger partial charge in [-0.1, -0.05) is 13.3 Å². The summed E-state index contributed by atoms with van der Waals surface area (Å²) in [6, 6.07) is 0. The Hall–Kier alpha value is -1.20. The van der Waals surface area contributed by atoms with E-state index in [2.05, 4.69) is 4.74 Å². The topological polar surface area (TPSA) is 83.8 Å². The molecule has 0 unspecified atom stereocenters. The number of fused-ring (bicyclic) bond motifs is 1. The number of carbonyl (C=O) groups excluding carboxylic acids is 2. The van der Waals surface area contributed by atoms with Gasteiger partial charge in [0.1, 0.15) is 0 Å². The Morgan fingerprint density at radius 3 is 2.65 bits per heavy atom. The van der Waals surface area contributed by atoms with Gasteiger partial charge in [-0.25, -0.2) is 4.79 Å². The van der Waals surface area contributed by atoms with Crippen molar-refractivity contribution in [2.24, 2.45) is 11.3 Å². The lowest BCUT2D eigenvalue weighted by atomic mass is 9.53. The first-order valence-corrected chi connectivity index (χ1v) is 6.94. The molecule has 5 heteroatoms. The van der Waals surface area contributed by atoms with E-state index < -0.39 is 29.0 Å². The van der Waals surface area contributed by atoms with Crippen molar-refractivity contribution in [3.63, 3.8) is 0 Å². The van der Waals surface area contributed by atoms with Crippen LogP contribution < -0.4 is 0 Å². The van der Waals surface area contributed by atoms with Crippen LogP contribution in [0, 0.1) is 11.3 Å². The van der Waals surface area contributed by atoms with Gasteiger partial charge in [-0.15, -0.1) is 0 Å². The first-order chi connectivity index (χ1) is 9.21. The molecule has 0 radical (unpaired) electrons. The molecule has 0 spiro atoms. The Morgan fingerprint density at radius 2 is 2.05 bits per heavy atom. The number of Topliss-reactive ketones (excluding diaryl/α,β-unsaturated/α-hetero) is 1. The van der Waals surface area contributed by atoms with Gasteiger partial charge in [0.25, 0.3) is 0 Å². The summed E-state index contributed by atoms with van der Waals surface area (Å²) in [4.78, 5) is 23.6. The fraction of sp³-hybridized carbons (Fsp3) is 0.733. The van der Waals surface area contributed by atoms with Crippen molar-refractivity contribution in [3.8, 4) is 0 Å². The summed E-state index contributed by atoms with van der Waals surface area (Å²) >= 11 is 0. The van der Waals surface area contributed by atoms with Crippen LogP contribution in [-0.4, -0.2) is 40.8 Å². The number of ketones is 1. The minimum Gasteiger partial charge on any atom is -0.466 e. The van der Waals surface area contributed by atoms with Crippen LogP contribution in [0.3, 0.4) is 0 Å². The second-order valence-corrected chi connectivity index (χ2v) is 6.51. The van der Waals surface area contributed by atoms with Gasteiger partial charge in [0, 0.05) is 24.0 Å². The van der Waals surface area contributed by atoms with E-state index in [1.165, 1.54) is 7.11 Å². The summed E-state index contributed by atoms with van der Waals surface area (Å²) in [7, 11) is 1.22. The zero-order valence-electron chi connectivity index (χ0n) is 12.2. The maximum absolute atomic E-state index is 12.2. The molecule has 2 N–H and O–H groups in total. The molecule has 0 aliphatic heterocycles. The molecule has 2 fully saturated rings. The fourth-order valence-electron chi connectivity index (χ4n) is 4.00. The highest BCUT2D eigenvalue weighted by molar-refractivity contribution is 6.02. The second-order valence-electron chi connectivity index (χ2n) is 6.51. The highest BCUT2D eigenvalue weighted by atomic mass is 16.5. The summed E-state index contributed by atoms with van der Waals surface area (Å²) in [5.41, 5.74) is -1.41. The van der Waals surface area contributed by atoms with Crippen molar-refractivity contribution in [3.05, 3.63) is 11.6 Å². The molecule has 4 atom stereocenters. The quantitative estimate of drug-likeness (QED) is 0.553. The van der Waals surface area contributed by atoms with Crippen LogP contribution in [0.5, 0.6) is 0 Å². The monoisotopic (exact) mass is 282 g/mol. The molecule has 0 aromatic rings. The first kappa shape index (κ1) is 15.2. The maximum atomic E-state index is 12.2. The Kier molecular flexibility index (Phi) is 3.77. The molecule has 2 saturated carbocycles. The minimum absolute atomic E-state index is 0.0569. The van der Waals surface area contributed by atoms with Gasteiger partial charge >= 0.3 is 5.97 Å². The average Bonchev–Trinajstić information content (AvgIpc) is 2.32. The van der Waals surface area contributed by atoms with Crippen LogP contribution in [0.1, 0.15) is 39.5 Å². The Labute approximate surface area is 118 Å². The second kappa shape index (κ2) is 4.97. The summed E-state index contributed by atoms with van der Waals surface area (Å²) in [5.74, 6) is -1.34. The van der Waals surface area contributed by atoms with Crippen molar-refractivity contribution in [2.45, 2.75) is 51.2 Å². The number of rotatable bonds is 1. The molecule has 5 nitrogen and oxygen atoms in total. The number of ether oxygens (including phenoxy) is 1. The lowest BCUT2D eigenvalue weighted by Gasteiger charge is -2.54. The zero-order valence-corrected chi connectivity index (χ0v) is 12.2. The zero-order chi connectivity index (χ0) is 15.1. The highest BCUT2D eigenvalue weighted by Crippen LogP contribution is 2.54. The highest BCUT2D eigenvalue weighted by Gasteiger charge is 2.56. The van der Waals surface area contributed by atoms with Crippen LogP contribution in [0.15, 0.2) is 11.6 Å². The smallest absolute Gasteiger partial charge is 0.330 e. The molecule has 2 aliphatic carbocycles. The van der Waals surface area contributed by atoms with Gasteiger partial charge in [-0.2, -0.15) is 0 Å². The van der Waals surface area contributed by atoms with E-state index in [0.29, 0.717) is 6.42 Å². The molecule has 0 bridgehead atoms. The number of hydrogen-bond acceptors (Lipinski definition) is 5. The largest absolute Gasteiger partial charge is 0.466 e. The van der Waals surface area contributed by atoms with Crippen molar-refractivity contribution >= 4 is 11.8 Å². The van der Waals surface area contributed by atoms with Crippen LogP contribution in [0.25, 0.3) is 0 Å². The van der Waals surface area contributed by atoms with Gasteiger partial charge < -0.3 is 14.9 Å². The van der Waals surface area contributed by atoms with Crippen LogP contribution >= 0.6 is 0 Å². The Balaban J connectivity index is 2.42. The molecule has 20 heavy (non-hydrogen) atoms. The van der Waals surface area contributed by atoms with Gasteiger partial charge in [-0.3, -0.25) is 4.79 Å². The predicted octanol–water partition coefficient (Wildman–Crippen LogP) is 0.977. The Morgan fingerprint density at radius 1 is 1.40 bits per heavy atom. The summed E-state index contributed by atoms with van der Waals surface area (Å²) in [5, 5.41) is 21.1. The fourth-order valence-corrected chi connectivity index (χ4v) is 4.00. The third kappa shape index (κ3) is 2.40. The van der Waals surface area contributed by atoms with Crippen molar-refractivity contribution < 1.29 is 24.5 Å². The molecular weight excluding hydrogens is 260 g/mol. The number of aliphatic hydroxyl groups is 2. The van der Waals surface area contributed by atoms with E-state index in [-0.39, 0.29) is 17.8 Å². The summed E-state index contributed by atoms with van der Waals surface area (Å²) < 4.78 is 4.52. The lowest BCUT2D eigenvalue weighted by molar-refractivity contribution is -0.158. The maximum Gasteiger partial charge on any atom is 0.330 e. The molecule has 112 valence electrons.